The SMILES string of the molecule is COc1ccccc1NC(=S)N/N=C1\CCc2c(O)cccc21. The highest BCUT2D eigenvalue weighted by atomic mass is 32.1. The number of methoxy groups -OCH3 is 1. The Morgan fingerprint density at radius 1 is 1.17 bits per heavy atom. The van der Waals surface area contributed by atoms with Gasteiger partial charge >= 0.3 is 0 Å². The van der Waals surface area contributed by atoms with Gasteiger partial charge in [0.25, 0.3) is 0 Å². The number of hydrogen-bond acceptors (Lipinski definition) is 4. The van der Waals surface area contributed by atoms with E-state index in [1.165, 1.54) is 0 Å². The van der Waals surface area contributed by atoms with Gasteiger partial charge in [-0.15, -0.1) is 0 Å². The van der Waals surface area contributed by atoms with Gasteiger partial charge in [-0.25, -0.2) is 0 Å². The minimum atomic E-state index is 0.322. The van der Waals surface area contributed by atoms with E-state index in [0.29, 0.717) is 16.6 Å². The van der Waals surface area contributed by atoms with Crippen LogP contribution < -0.4 is 15.5 Å². The highest BCUT2D eigenvalue weighted by Gasteiger charge is 2.20. The van der Waals surface area contributed by atoms with Gasteiger partial charge in [0, 0.05) is 11.1 Å². The van der Waals surface area contributed by atoms with E-state index in [0.717, 1.165) is 35.4 Å². The van der Waals surface area contributed by atoms with Crippen molar-refractivity contribution in [2.45, 2.75) is 12.8 Å². The van der Waals surface area contributed by atoms with E-state index < -0.39 is 0 Å². The second kappa shape index (κ2) is 6.66. The Morgan fingerprint density at radius 2 is 2.00 bits per heavy atom. The van der Waals surface area contributed by atoms with Crippen molar-refractivity contribution in [2.75, 3.05) is 12.4 Å². The number of fused-ring (bicyclic) bond motifs is 1. The quantitative estimate of drug-likeness (QED) is 0.597. The first-order valence-electron chi connectivity index (χ1n) is 7.27. The van der Waals surface area contributed by atoms with Gasteiger partial charge in [-0.2, -0.15) is 5.10 Å². The van der Waals surface area contributed by atoms with Crippen molar-refractivity contribution in [1.82, 2.24) is 5.43 Å². The lowest BCUT2D eigenvalue weighted by molar-refractivity contribution is 0.417. The Morgan fingerprint density at radius 3 is 2.83 bits per heavy atom. The summed E-state index contributed by atoms with van der Waals surface area (Å²) in [6.45, 7) is 0. The summed E-state index contributed by atoms with van der Waals surface area (Å²) in [5.74, 6) is 1.03. The average Bonchev–Trinajstić information content (AvgIpc) is 2.98. The number of nitrogens with one attached hydrogen (secondary N) is 2. The number of benzene rings is 2. The van der Waals surface area contributed by atoms with Crippen LogP contribution in [-0.2, 0) is 6.42 Å². The molecule has 6 heteroatoms. The Labute approximate surface area is 140 Å². The van der Waals surface area contributed by atoms with Crippen LogP contribution in [0.3, 0.4) is 0 Å². The van der Waals surface area contributed by atoms with Gasteiger partial charge < -0.3 is 15.2 Å². The summed E-state index contributed by atoms with van der Waals surface area (Å²) in [4.78, 5) is 0. The third kappa shape index (κ3) is 3.27. The molecule has 2 aromatic carbocycles. The zero-order chi connectivity index (χ0) is 16.2. The highest BCUT2D eigenvalue weighted by molar-refractivity contribution is 7.80. The highest BCUT2D eigenvalue weighted by Crippen LogP contribution is 2.29. The minimum absolute atomic E-state index is 0.322. The van der Waals surface area contributed by atoms with E-state index in [1.54, 1.807) is 13.2 Å². The summed E-state index contributed by atoms with van der Waals surface area (Å²) < 4.78 is 5.27. The van der Waals surface area contributed by atoms with Crippen LogP contribution in [0, 0.1) is 0 Å². The Balaban J connectivity index is 1.70. The number of hydrogen-bond donors (Lipinski definition) is 3. The fraction of sp³-hybridized carbons (Fsp3) is 0.176. The molecule has 1 aliphatic carbocycles. The number of anilines is 1. The van der Waals surface area contributed by atoms with Crippen molar-refractivity contribution in [3.8, 4) is 11.5 Å². The second-order valence-electron chi connectivity index (χ2n) is 5.13. The lowest BCUT2D eigenvalue weighted by atomic mass is 10.1. The van der Waals surface area contributed by atoms with E-state index in [-0.39, 0.29) is 0 Å². The second-order valence-corrected chi connectivity index (χ2v) is 5.54. The van der Waals surface area contributed by atoms with E-state index in [1.807, 2.05) is 36.4 Å². The largest absolute Gasteiger partial charge is 0.508 e. The summed E-state index contributed by atoms with van der Waals surface area (Å²) in [6, 6.07) is 13.0. The topological polar surface area (TPSA) is 65.9 Å². The van der Waals surface area contributed by atoms with E-state index >= 15 is 0 Å². The molecule has 23 heavy (non-hydrogen) atoms. The third-order valence-corrected chi connectivity index (χ3v) is 3.91. The minimum Gasteiger partial charge on any atom is -0.508 e. The standard InChI is InChI=1S/C17H17N3O2S/c1-22-16-8-3-2-6-14(16)18-17(23)20-19-13-10-9-12-11(13)5-4-7-15(12)21/h2-8,21H,9-10H2,1H3,(H2,18,20,23)/b19-13+. The number of para-hydroxylation sites is 2. The maximum atomic E-state index is 9.85. The molecule has 0 aliphatic heterocycles. The zero-order valence-corrected chi connectivity index (χ0v) is 13.5. The van der Waals surface area contributed by atoms with Crippen LogP contribution in [-0.4, -0.2) is 23.0 Å². The van der Waals surface area contributed by atoms with Crippen LogP contribution >= 0.6 is 12.2 Å². The number of phenolic OH excluding ortho intramolecular Hbond substituents is 1. The van der Waals surface area contributed by atoms with Gasteiger partial charge in [0.05, 0.1) is 18.5 Å². The summed E-state index contributed by atoms with van der Waals surface area (Å²) in [7, 11) is 1.61. The zero-order valence-electron chi connectivity index (χ0n) is 12.7. The Kier molecular flexibility index (Phi) is 4.43. The van der Waals surface area contributed by atoms with Crippen LogP contribution in [0.15, 0.2) is 47.6 Å². The number of ether oxygens (including phenoxy) is 1. The Hall–Kier alpha value is -2.60. The van der Waals surface area contributed by atoms with Crippen LogP contribution in [0.2, 0.25) is 0 Å². The molecule has 3 rings (SSSR count). The van der Waals surface area contributed by atoms with Crippen molar-refractivity contribution in [3.05, 3.63) is 53.6 Å². The lowest BCUT2D eigenvalue weighted by Crippen LogP contribution is -2.25. The van der Waals surface area contributed by atoms with Gasteiger partial charge in [0.15, 0.2) is 5.11 Å². The predicted molar refractivity (Wildman–Crippen MR) is 95.3 cm³/mol. The molecule has 0 spiro atoms. The molecule has 0 amide bonds. The van der Waals surface area contributed by atoms with Gasteiger partial charge in [-0.1, -0.05) is 24.3 Å². The molecule has 1 aliphatic rings. The summed E-state index contributed by atoms with van der Waals surface area (Å²) in [6.07, 6.45) is 1.56. The molecule has 0 heterocycles. The molecule has 0 unspecified atom stereocenters. The average molecular weight is 327 g/mol. The number of aromatic hydroxyl groups is 1. The van der Waals surface area contributed by atoms with Crippen molar-refractivity contribution in [1.29, 1.82) is 0 Å². The van der Waals surface area contributed by atoms with Crippen molar-refractivity contribution in [2.24, 2.45) is 5.10 Å². The van der Waals surface area contributed by atoms with Gasteiger partial charge in [-0.05, 0) is 43.3 Å². The smallest absolute Gasteiger partial charge is 0.191 e. The van der Waals surface area contributed by atoms with Crippen LogP contribution in [0.5, 0.6) is 11.5 Å². The van der Waals surface area contributed by atoms with Crippen LogP contribution in [0.1, 0.15) is 17.5 Å². The first kappa shape index (κ1) is 15.3. The monoisotopic (exact) mass is 327 g/mol. The van der Waals surface area contributed by atoms with Crippen molar-refractivity contribution >= 4 is 28.7 Å². The predicted octanol–water partition coefficient (Wildman–Crippen LogP) is 3.04. The molecular formula is C17H17N3O2S. The van der Waals surface area contributed by atoms with Gasteiger partial charge in [0.2, 0.25) is 0 Å². The normalized spacial score (nSPS) is 14.4. The molecule has 0 radical (unpaired) electrons. The number of hydrazone groups is 1. The summed E-state index contributed by atoms with van der Waals surface area (Å²) in [5, 5.41) is 17.7. The Bertz CT molecular complexity index is 774. The number of rotatable bonds is 3. The number of thiocarbonyl (C=S) groups is 1. The summed E-state index contributed by atoms with van der Waals surface area (Å²) >= 11 is 5.27. The van der Waals surface area contributed by atoms with Gasteiger partial charge in [0.1, 0.15) is 11.5 Å². The molecule has 0 atom stereocenters. The third-order valence-electron chi connectivity index (χ3n) is 3.72. The fourth-order valence-electron chi connectivity index (χ4n) is 2.62. The lowest BCUT2D eigenvalue weighted by Gasteiger charge is -2.11. The van der Waals surface area contributed by atoms with Crippen molar-refractivity contribution in [3.63, 3.8) is 0 Å². The van der Waals surface area contributed by atoms with Crippen LogP contribution in [0.25, 0.3) is 0 Å². The molecular weight excluding hydrogens is 310 g/mol. The van der Waals surface area contributed by atoms with Crippen molar-refractivity contribution < 1.29 is 9.84 Å². The summed E-state index contributed by atoms with van der Waals surface area (Å²) in [5.41, 5.74) is 6.43. The molecule has 0 fully saturated rings. The molecule has 3 N–H and O–H groups in total. The molecule has 0 bridgehead atoms. The maximum absolute atomic E-state index is 9.85. The van der Waals surface area contributed by atoms with Gasteiger partial charge in [-0.3, -0.25) is 5.43 Å². The molecule has 0 saturated heterocycles. The molecule has 5 nitrogen and oxygen atoms in total. The molecule has 0 saturated carbocycles. The van der Waals surface area contributed by atoms with E-state index in [4.69, 9.17) is 17.0 Å². The van der Waals surface area contributed by atoms with E-state index in [9.17, 15) is 5.11 Å². The maximum Gasteiger partial charge on any atom is 0.191 e. The number of phenols is 1. The number of nitrogens with zero attached hydrogens (tertiary/aromatic N) is 1. The molecule has 2 aromatic rings. The first-order chi connectivity index (χ1) is 11.2. The molecule has 0 aromatic heterocycles. The first-order valence-corrected chi connectivity index (χ1v) is 7.67. The molecule has 118 valence electrons. The van der Waals surface area contributed by atoms with E-state index in [2.05, 4.69) is 15.8 Å². The van der Waals surface area contributed by atoms with Crippen LogP contribution in [0.4, 0.5) is 5.69 Å². The fourth-order valence-corrected chi connectivity index (χ4v) is 2.77.